The highest BCUT2D eigenvalue weighted by Crippen LogP contribution is 2.27. The molecule has 0 atom stereocenters. The van der Waals surface area contributed by atoms with E-state index in [1.807, 2.05) is 42.7 Å². The summed E-state index contributed by atoms with van der Waals surface area (Å²) in [6, 6.07) is 15.0. The minimum atomic E-state index is -0.0304. The molecule has 0 aliphatic carbocycles. The second-order valence-electron chi connectivity index (χ2n) is 3.87. The molecule has 98 valence electrons. The number of halogens is 1. The molecule has 0 aliphatic heterocycles. The number of thioether (sulfide) groups is 1. The van der Waals surface area contributed by atoms with Gasteiger partial charge >= 0.3 is 0 Å². The van der Waals surface area contributed by atoms with Crippen molar-refractivity contribution in [2.24, 2.45) is 0 Å². The Kier molecular flexibility index (Phi) is 5.05. The van der Waals surface area contributed by atoms with E-state index in [1.54, 1.807) is 23.9 Å². The van der Waals surface area contributed by atoms with Crippen LogP contribution in [0.3, 0.4) is 0 Å². The zero-order valence-corrected chi connectivity index (χ0v) is 12.8. The number of Topliss-reactive ketones (excluding diaryl/α,β-unsaturated/α-hetero) is 1. The van der Waals surface area contributed by atoms with Crippen LogP contribution in [-0.4, -0.2) is 18.6 Å². The minimum absolute atomic E-state index is 0.0304. The topological polar surface area (TPSA) is 26.3 Å². The first kappa shape index (κ1) is 14.2. The van der Waals surface area contributed by atoms with E-state index in [4.69, 9.17) is 4.74 Å². The van der Waals surface area contributed by atoms with Gasteiger partial charge in [-0.3, -0.25) is 4.79 Å². The molecule has 19 heavy (non-hydrogen) atoms. The Morgan fingerprint density at radius 3 is 2.74 bits per heavy atom. The van der Waals surface area contributed by atoms with Gasteiger partial charge in [0.2, 0.25) is 0 Å². The predicted molar refractivity (Wildman–Crippen MR) is 82.2 cm³/mol. The van der Waals surface area contributed by atoms with Crippen LogP contribution in [0.1, 0.15) is 10.4 Å². The molecule has 2 aromatic rings. The quantitative estimate of drug-likeness (QED) is 0.596. The molecule has 0 N–H and O–H groups in total. The van der Waals surface area contributed by atoms with E-state index in [-0.39, 0.29) is 12.4 Å². The zero-order valence-electron chi connectivity index (χ0n) is 10.4. The molecule has 0 unspecified atom stereocenters. The summed E-state index contributed by atoms with van der Waals surface area (Å²) >= 11 is 4.95. The van der Waals surface area contributed by atoms with Crippen molar-refractivity contribution in [2.45, 2.75) is 4.90 Å². The molecular formula is C15H13BrO2S. The van der Waals surface area contributed by atoms with Gasteiger partial charge in [-0.05, 0) is 30.5 Å². The van der Waals surface area contributed by atoms with Crippen LogP contribution in [0.25, 0.3) is 0 Å². The van der Waals surface area contributed by atoms with Gasteiger partial charge in [0.15, 0.2) is 12.4 Å². The monoisotopic (exact) mass is 336 g/mol. The fraction of sp³-hybridized carbons (Fsp3) is 0.133. The SMILES string of the molecule is CSc1ccccc1OCC(=O)c1cccc(Br)c1. The first-order valence-electron chi connectivity index (χ1n) is 5.75. The molecule has 0 fully saturated rings. The highest BCUT2D eigenvalue weighted by atomic mass is 79.9. The van der Waals surface area contributed by atoms with E-state index in [2.05, 4.69) is 15.9 Å². The lowest BCUT2D eigenvalue weighted by molar-refractivity contribution is 0.0919. The van der Waals surface area contributed by atoms with Gasteiger partial charge in [-0.25, -0.2) is 0 Å². The molecule has 0 heterocycles. The number of carbonyl (C=O) groups is 1. The molecule has 0 spiro atoms. The molecule has 2 rings (SSSR count). The van der Waals surface area contributed by atoms with Gasteiger partial charge in [-0.2, -0.15) is 0 Å². The summed E-state index contributed by atoms with van der Waals surface area (Å²) in [5, 5.41) is 0. The van der Waals surface area contributed by atoms with Crippen LogP contribution in [0.2, 0.25) is 0 Å². The number of benzene rings is 2. The second kappa shape index (κ2) is 6.78. The van der Waals surface area contributed by atoms with E-state index in [0.29, 0.717) is 5.56 Å². The van der Waals surface area contributed by atoms with Crippen LogP contribution in [0.15, 0.2) is 57.9 Å². The number of rotatable bonds is 5. The van der Waals surface area contributed by atoms with Crippen LogP contribution in [0.5, 0.6) is 5.75 Å². The Balaban J connectivity index is 2.04. The number of para-hydroxylation sites is 1. The molecule has 0 saturated carbocycles. The van der Waals surface area contributed by atoms with Crippen LogP contribution in [-0.2, 0) is 0 Å². The van der Waals surface area contributed by atoms with Crippen LogP contribution < -0.4 is 4.74 Å². The fourth-order valence-corrected chi connectivity index (χ4v) is 2.57. The lowest BCUT2D eigenvalue weighted by Gasteiger charge is -2.09. The summed E-state index contributed by atoms with van der Waals surface area (Å²) in [6.07, 6.45) is 1.98. The van der Waals surface area contributed by atoms with Crippen molar-refractivity contribution >= 4 is 33.5 Å². The summed E-state index contributed by atoms with van der Waals surface area (Å²) in [6.45, 7) is 0.0496. The Labute approximate surface area is 125 Å². The highest BCUT2D eigenvalue weighted by molar-refractivity contribution is 9.10. The van der Waals surface area contributed by atoms with Crippen LogP contribution >= 0.6 is 27.7 Å². The first-order valence-corrected chi connectivity index (χ1v) is 7.77. The Hall–Kier alpha value is -1.26. The highest BCUT2D eigenvalue weighted by Gasteiger charge is 2.08. The summed E-state index contributed by atoms with van der Waals surface area (Å²) < 4.78 is 6.49. The third kappa shape index (κ3) is 3.85. The molecule has 0 aromatic heterocycles. The smallest absolute Gasteiger partial charge is 0.200 e. The molecule has 4 heteroatoms. The van der Waals surface area contributed by atoms with Gasteiger partial charge < -0.3 is 4.74 Å². The van der Waals surface area contributed by atoms with Crippen LogP contribution in [0, 0.1) is 0 Å². The second-order valence-corrected chi connectivity index (χ2v) is 5.64. The van der Waals surface area contributed by atoms with Gasteiger partial charge in [-0.15, -0.1) is 11.8 Å². The maximum absolute atomic E-state index is 12.0. The number of ketones is 1. The molecule has 0 radical (unpaired) electrons. The lowest BCUT2D eigenvalue weighted by atomic mass is 10.1. The van der Waals surface area contributed by atoms with E-state index >= 15 is 0 Å². The molecule has 0 bridgehead atoms. The van der Waals surface area contributed by atoms with Gasteiger partial charge in [0.25, 0.3) is 0 Å². The van der Waals surface area contributed by atoms with Crippen molar-refractivity contribution in [2.75, 3.05) is 12.9 Å². The Morgan fingerprint density at radius 2 is 2.00 bits per heavy atom. The summed E-state index contributed by atoms with van der Waals surface area (Å²) in [4.78, 5) is 13.0. The third-order valence-corrected chi connectivity index (χ3v) is 3.84. The van der Waals surface area contributed by atoms with E-state index in [1.165, 1.54) is 0 Å². The van der Waals surface area contributed by atoms with Crippen molar-refractivity contribution < 1.29 is 9.53 Å². The summed E-state index contributed by atoms with van der Waals surface area (Å²) in [7, 11) is 0. The summed E-state index contributed by atoms with van der Waals surface area (Å²) in [5.74, 6) is 0.718. The molecule has 0 aliphatic rings. The maximum Gasteiger partial charge on any atom is 0.200 e. The van der Waals surface area contributed by atoms with E-state index in [9.17, 15) is 4.79 Å². The number of hydrogen-bond acceptors (Lipinski definition) is 3. The summed E-state index contributed by atoms with van der Waals surface area (Å²) in [5.41, 5.74) is 0.649. The Bertz CT molecular complexity index is 584. The van der Waals surface area contributed by atoms with Crippen molar-refractivity contribution in [3.63, 3.8) is 0 Å². The van der Waals surface area contributed by atoms with Crippen molar-refractivity contribution in [1.82, 2.24) is 0 Å². The third-order valence-electron chi connectivity index (χ3n) is 2.57. The predicted octanol–water partition coefficient (Wildman–Crippen LogP) is 4.43. The van der Waals surface area contributed by atoms with Crippen molar-refractivity contribution in [1.29, 1.82) is 0 Å². The van der Waals surface area contributed by atoms with Crippen molar-refractivity contribution in [3.8, 4) is 5.75 Å². The van der Waals surface area contributed by atoms with Gasteiger partial charge in [-0.1, -0.05) is 40.2 Å². The van der Waals surface area contributed by atoms with Crippen molar-refractivity contribution in [3.05, 3.63) is 58.6 Å². The standard InChI is InChI=1S/C15H13BrO2S/c1-19-15-8-3-2-7-14(15)18-10-13(17)11-5-4-6-12(16)9-11/h2-9H,10H2,1H3. The van der Waals surface area contributed by atoms with Gasteiger partial charge in [0.1, 0.15) is 5.75 Å². The molecule has 2 aromatic carbocycles. The lowest BCUT2D eigenvalue weighted by Crippen LogP contribution is -2.11. The maximum atomic E-state index is 12.0. The average molecular weight is 337 g/mol. The number of hydrogen-bond donors (Lipinski definition) is 0. The minimum Gasteiger partial charge on any atom is -0.484 e. The largest absolute Gasteiger partial charge is 0.484 e. The number of carbonyl (C=O) groups excluding carboxylic acids is 1. The van der Waals surface area contributed by atoms with Crippen LogP contribution in [0.4, 0.5) is 0 Å². The van der Waals surface area contributed by atoms with E-state index < -0.39 is 0 Å². The molecule has 2 nitrogen and oxygen atoms in total. The normalized spacial score (nSPS) is 10.2. The zero-order chi connectivity index (χ0) is 13.7. The van der Waals surface area contributed by atoms with E-state index in [0.717, 1.165) is 15.1 Å². The number of ether oxygens (including phenoxy) is 1. The Morgan fingerprint density at radius 1 is 1.21 bits per heavy atom. The van der Waals surface area contributed by atoms with Gasteiger partial charge in [0.05, 0.1) is 0 Å². The molecular weight excluding hydrogens is 324 g/mol. The molecule has 0 saturated heterocycles. The molecule has 0 amide bonds. The first-order chi connectivity index (χ1) is 9.20. The fourth-order valence-electron chi connectivity index (χ4n) is 1.63. The average Bonchev–Trinajstić information content (AvgIpc) is 2.45. The van der Waals surface area contributed by atoms with Gasteiger partial charge in [0, 0.05) is 14.9 Å².